The highest BCUT2D eigenvalue weighted by Gasteiger charge is 2.26. The third-order valence-electron chi connectivity index (χ3n) is 8.25. The normalized spacial score (nSPS) is 16.4. The Morgan fingerprint density at radius 2 is 1.35 bits per heavy atom. The lowest BCUT2D eigenvalue weighted by atomic mass is 10.1. The van der Waals surface area contributed by atoms with Gasteiger partial charge in [0.2, 0.25) is 0 Å². The van der Waals surface area contributed by atoms with Gasteiger partial charge in [-0.15, -0.1) is 0 Å². The molecule has 0 unspecified atom stereocenters. The number of nitrogens with one attached hydrogen (secondary N) is 1. The molecule has 7 heterocycles. The molecule has 0 saturated carbocycles. The average Bonchev–Trinajstić information content (AvgIpc) is 3.84. The molecule has 254 valence electrons. The van der Waals surface area contributed by atoms with E-state index in [1.165, 1.54) is 42.2 Å². The predicted molar refractivity (Wildman–Crippen MR) is 187 cm³/mol. The SMILES string of the molecule is CS(=O)(=O)c1ncnc2sc(C(=O)N3CCCCC3)nc12.O=C1Cc2ccc(Nc3ncnc4sc(C(=O)N5CCCCC5)nc34)cc2S1. The van der Waals surface area contributed by atoms with Crippen LogP contribution in [-0.4, -0.2) is 97.5 Å². The number of nitrogens with zero attached hydrogens (tertiary/aromatic N) is 8. The van der Waals surface area contributed by atoms with E-state index in [1.807, 2.05) is 23.1 Å². The Morgan fingerprint density at radius 3 is 1.96 bits per heavy atom. The number of aromatic nitrogens is 6. The molecule has 4 aromatic heterocycles. The smallest absolute Gasteiger partial charge is 0.282 e. The maximum Gasteiger partial charge on any atom is 0.282 e. The van der Waals surface area contributed by atoms with Crippen LogP contribution in [-0.2, 0) is 21.1 Å². The van der Waals surface area contributed by atoms with Crippen LogP contribution in [0.4, 0.5) is 11.5 Å². The molecule has 1 N–H and O–H groups in total. The predicted octanol–water partition coefficient (Wildman–Crippen LogP) is 4.75. The number of sulfone groups is 1. The maximum atomic E-state index is 12.8. The van der Waals surface area contributed by atoms with Crippen molar-refractivity contribution in [3.05, 3.63) is 46.4 Å². The van der Waals surface area contributed by atoms with Crippen molar-refractivity contribution in [2.24, 2.45) is 0 Å². The standard InChI is InChI=1S/C19H17N5O2S2.C12H14N4O3S2/c25-14-8-11-4-5-12(9-13(11)27-14)22-16-15-17(21-10-20-16)28-18(23-15)19(26)24-6-2-1-3-7-24;1-21(18,19)11-8-9(13-7-14-11)20-10(15-8)12(17)16-5-3-2-4-6-16/h4-5,9-10H,1-3,6-8H2,(H,20,21,22);7H,2-6H2,1H3. The number of carbonyl (C=O) groups is 3. The minimum Gasteiger partial charge on any atom is -0.338 e. The second kappa shape index (κ2) is 14.0. The quantitative estimate of drug-likeness (QED) is 0.244. The van der Waals surface area contributed by atoms with Crippen LogP contribution in [0, 0.1) is 0 Å². The molecule has 0 spiro atoms. The molecule has 0 bridgehead atoms. The molecule has 5 aromatic rings. The van der Waals surface area contributed by atoms with Gasteiger partial charge in [0.15, 0.2) is 35.8 Å². The molecule has 49 heavy (non-hydrogen) atoms. The zero-order valence-corrected chi connectivity index (χ0v) is 29.7. The molecule has 14 nitrogen and oxygen atoms in total. The van der Waals surface area contributed by atoms with Gasteiger partial charge < -0.3 is 15.1 Å². The van der Waals surface area contributed by atoms with E-state index in [0.29, 0.717) is 32.4 Å². The highest BCUT2D eigenvalue weighted by Crippen LogP contribution is 2.36. The van der Waals surface area contributed by atoms with Gasteiger partial charge in [0, 0.05) is 49.4 Å². The molecule has 0 aliphatic carbocycles. The number of hydrogen-bond acceptors (Lipinski definition) is 15. The lowest BCUT2D eigenvalue weighted by molar-refractivity contribution is -0.110. The molecule has 0 radical (unpaired) electrons. The zero-order valence-electron chi connectivity index (χ0n) is 26.4. The molecule has 18 heteroatoms. The van der Waals surface area contributed by atoms with Gasteiger partial charge in [0.1, 0.15) is 33.3 Å². The fourth-order valence-electron chi connectivity index (χ4n) is 5.82. The highest BCUT2D eigenvalue weighted by molar-refractivity contribution is 8.14. The first-order valence-corrected chi connectivity index (χ1v) is 20.1. The molecule has 1 aromatic carbocycles. The number of piperidine rings is 2. The molecule has 2 fully saturated rings. The fraction of sp³-hybridized carbons (Fsp3) is 0.387. The summed E-state index contributed by atoms with van der Waals surface area (Å²) in [5.41, 5.74) is 2.66. The van der Waals surface area contributed by atoms with Gasteiger partial charge in [0.25, 0.3) is 11.8 Å². The molecule has 3 aliphatic heterocycles. The van der Waals surface area contributed by atoms with E-state index in [4.69, 9.17) is 0 Å². The van der Waals surface area contributed by atoms with Crippen molar-refractivity contribution >= 4 is 93.4 Å². The topological polar surface area (TPSA) is 181 Å². The second-order valence-electron chi connectivity index (χ2n) is 11.8. The number of thiazole rings is 2. The van der Waals surface area contributed by atoms with E-state index in [9.17, 15) is 22.8 Å². The molecule has 8 rings (SSSR count). The van der Waals surface area contributed by atoms with Crippen molar-refractivity contribution in [2.45, 2.75) is 54.9 Å². The minimum atomic E-state index is -3.50. The van der Waals surface area contributed by atoms with Crippen LogP contribution in [0.5, 0.6) is 0 Å². The van der Waals surface area contributed by atoms with E-state index in [1.54, 1.807) is 4.90 Å². The van der Waals surface area contributed by atoms with Gasteiger partial charge in [-0.3, -0.25) is 14.4 Å². The van der Waals surface area contributed by atoms with Gasteiger partial charge in [-0.25, -0.2) is 38.3 Å². The summed E-state index contributed by atoms with van der Waals surface area (Å²) in [4.78, 5) is 67.6. The Morgan fingerprint density at radius 1 is 0.776 bits per heavy atom. The lowest BCUT2D eigenvalue weighted by Crippen LogP contribution is -2.35. The Kier molecular flexibility index (Phi) is 9.54. The van der Waals surface area contributed by atoms with E-state index in [2.05, 4.69) is 35.2 Å². The summed E-state index contributed by atoms with van der Waals surface area (Å²) in [6.45, 7) is 3.02. The summed E-state index contributed by atoms with van der Waals surface area (Å²) in [7, 11) is -3.50. The van der Waals surface area contributed by atoms with Crippen molar-refractivity contribution in [3.63, 3.8) is 0 Å². The molecular formula is C31H31N9O5S4. The van der Waals surface area contributed by atoms with Crippen molar-refractivity contribution in [1.82, 2.24) is 39.7 Å². The van der Waals surface area contributed by atoms with E-state index in [-0.39, 0.29) is 32.5 Å². The van der Waals surface area contributed by atoms with Crippen LogP contribution in [0.1, 0.15) is 63.7 Å². The van der Waals surface area contributed by atoms with E-state index >= 15 is 0 Å². The Labute approximate surface area is 293 Å². The first-order valence-electron chi connectivity index (χ1n) is 15.8. The zero-order chi connectivity index (χ0) is 34.1. The van der Waals surface area contributed by atoms with Crippen LogP contribution < -0.4 is 5.32 Å². The summed E-state index contributed by atoms with van der Waals surface area (Å²) < 4.78 is 23.4. The van der Waals surface area contributed by atoms with Gasteiger partial charge in [0.05, 0.1) is 0 Å². The summed E-state index contributed by atoms with van der Waals surface area (Å²) in [6, 6.07) is 5.84. The summed E-state index contributed by atoms with van der Waals surface area (Å²) in [5.74, 6) is 0.381. The van der Waals surface area contributed by atoms with Crippen molar-refractivity contribution in [1.29, 1.82) is 0 Å². The number of hydrogen-bond donors (Lipinski definition) is 1. The van der Waals surface area contributed by atoms with Gasteiger partial charge in [-0.05, 0) is 56.2 Å². The van der Waals surface area contributed by atoms with Crippen LogP contribution in [0.15, 0.2) is 40.8 Å². The van der Waals surface area contributed by atoms with Gasteiger partial charge in [-0.1, -0.05) is 40.5 Å². The second-order valence-corrected chi connectivity index (χ2v) is 16.8. The minimum absolute atomic E-state index is 0.0268. The van der Waals surface area contributed by atoms with Crippen molar-refractivity contribution in [2.75, 3.05) is 37.8 Å². The maximum absolute atomic E-state index is 12.8. The number of anilines is 2. The number of thioether (sulfide) groups is 1. The number of rotatable bonds is 5. The number of benzene rings is 1. The monoisotopic (exact) mass is 737 g/mol. The number of carbonyl (C=O) groups excluding carboxylic acids is 3. The highest BCUT2D eigenvalue weighted by atomic mass is 32.2. The molecule has 3 aliphatic rings. The van der Waals surface area contributed by atoms with Gasteiger partial charge >= 0.3 is 0 Å². The molecule has 2 saturated heterocycles. The average molecular weight is 738 g/mol. The summed E-state index contributed by atoms with van der Waals surface area (Å²) >= 11 is 3.68. The number of likely N-dealkylation sites (tertiary alicyclic amines) is 2. The number of fused-ring (bicyclic) bond motifs is 3. The van der Waals surface area contributed by atoms with Crippen LogP contribution >= 0.6 is 34.4 Å². The van der Waals surface area contributed by atoms with Gasteiger partial charge in [-0.2, -0.15) is 0 Å². The molecule has 2 amide bonds. The fourth-order valence-corrected chi connectivity index (χ4v) is 9.30. The summed E-state index contributed by atoms with van der Waals surface area (Å²) in [6.07, 6.45) is 10.6. The van der Waals surface area contributed by atoms with E-state index < -0.39 is 9.84 Å². The summed E-state index contributed by atoms with van der Waals surface area (Å²) in [5, 5.41) is 4.04. The van der Waals surface area contributed by atoms with Crippen molar-refractivity contribution < 1.29 is 22.8 Å². The molecule has 0 atom stereocenters. The molecular weight excluding hydrogens is 707 g/mol. The first-order chi connectivity index (χ1) is 23.6. The Balaban J connectivity index is 0.000000161. The van der Waals surface area contributed by atoms with Crippen LogP contribution in [0.25, 0.3) is 20.7 Å². The van der Waals surface area contributed by atoms with E-state index in [0.717, 1.165) is 92.0 Å². The Hall–Kier alpha value is -4.13. The largest absolute Gasteiger partial charge is 0.338 e. The Bertz CT molecular complexity index is 2190. The lowest BCUT2D eigenvalue weighted by Gasteiger charge is -2.25. The third-order valence-corrected chi connectivity index (χ3v) is 12.1. The van der Waals surface area contributed by atoms with Crippen LogP contribution in [0.2, 0.25) is 0 Å². The number of amides is 2. The first kappa shape index (κ1) is 33.4. The van der Waals surface area contributed by atoms with Crippen molar-refractivity contribution in [3.8, 4) is 0 Å². The van der Waals surface area contributed by atoms with Crippen LogP contribution in [0.3, 0.4) is 0 Å². The third kappa shape index (κ3) is 7.27.